The van der Waals surface area contributed by atoms with E-state index in [9.17, 15) is 23.3 Å². The zero-order valence-electron chi connectivity index (χ0n) is 14.1. The summed E-state index contributed by atoms with van der Waals surface area (Å²) in [5.74, 6) is -0.667. The summed E-state index contributed by atoms with van der Waals surface area (Å²) in [5.41, 5.74) is 3.17. The molecule has 0 saturated carbocycles. The number of hydrazine groups is 1. The Morgan fingerprint density at radius 1 is 1.19 bits per heavy atom. The molecule has 0 saturated heterocycles. The molecule has 0 radical (unpaired) electrons. The number of nitrogens with zero attached hydrogens (tertiary/aromatic N) is 1. The van der Waals surface area contributed by atoms with Gasteiger partial charge in [-0.2, -0.15) is 0 Å². The molecule has 0 aliphatic rings. The van der Waals surface area contributed by atoms with Crippen LogP contribution < -0.4 is 10.3 Å². The van der Waals surface area contributed by atoms with Crippen molar-refractivity contribution < 1.29 is 22.9 Å². The number of carbonyl (C=O) groups is 1. The number of nitro benzene ring substituents is 1. The highest BCUT2D eigenvalue weighted by molar-refractivity contribution is 7.89. The molecule has 9 nitrogen and oxygen atoms in total. The van der Waals surface area contributed by atoms with Crippen molar-refractivity contribution in [2.75, 3.05) is 7.11 Å². The van der Waals surface area contributed by atoms with E-state index in [0.29, 0.717) is 12.2 Å². The van der Waals surface area contributed by atoms with Gasteiger partial charge in [0.05, 0.1) is 16.4 Å². The van der Waals surface area contributed by atoms with E-state index >= 15 is 0 Å². The summed E-state index contributed by atoms with van der Waals surface area (Å²) in [7, 11) is -2.61. The van der Waals surface area contributed by atoms with E-state index in [0.717, 1.165) is 11.6 Å². The number of amides is 1. The topological polar surface area (TPSA) is 128 Å². The maximum Gasteiger partial charge on any atom is 0.273 e. The van der Waals surface area contributed by atoms with Crippen molar-refractivity contribution in [3.8, 4) is 0 Å². The Morgan fingerprint density at radius 3 is 2.42 bits per heavy atom. The van der Waals surface area contributed by atoms with Gasteiger partial charge in [-0.05, 0) is 30.7 Å². The number of nitro groups is 1. The second-order valence-corrected chi connectivity index (χ2v) is 7.08. The van der Waals surface area contributed by atoms with Gasteiger partial charge in [-0.1, -0.05) is 18.2 Å². The third-order valence-corrected chi connectivity index (χ3v) is 4.76. The molecule has 2 aromatic carbocycles. The molecule has 10 heteroatoms. The summed E-state index contributed by atoms with van der Waals surface area (Å²) in [4.78, 5) is 23.9. The first-order valence-corrected chi connectivity index (χ1v) is 8.88. The Morgan fingerprint density at radius 2 is 1.85 bits per heavy atom. The third-order valence-electron chi connectivity index (χ3n) is 3.51. The zero-order valence-corrected chi connectivity index (χ0v) is 14.9. The lowest BCUT2D eigenvalue weighted by molar-refractivity contribution is -0.385. The molecule has 1 amide bonds. The number of sulfonamides is 1. The van der Waals surface area contributed by atoms with Crippen molar-refractivity contribution in [3.63, 3.8) is 0 Å². The van der Waals surface area contributed by atoms with E-state index in [4.69, 9.17) is 4.74 Å². The van der Waals surface area contributed by atoms with Gasteiger partial charge in [0.15, 0.2) is 0 Å². The molecular weight excluding hydrogens is 362 g/mol. The van der Waals surface area contributed by atoms with Gasteiger partial charge in [0.1, 0.15) is 0 Å². The molecule has 0 atom stereocenters. The largest absolute Gasteiger partial charge is 0.380 e. The van der Waals surface area contributed by atoms with Gasteiger partial charge in [0.2, 0.25) is 0 Å². The average Bonchev–Trinajstić information content (AvgIpc) is 2.60. The van der Waals surface area contributed by atoms with Gasteiger partial charge in [-0.25, -0.2) is 8.42 Å². The number of nitrogens with one attached hydrogen (secondary N) is 2. The first-order chi connectivity index (χ1) is 12.2. The number of rotatable bonds is 7. The van der Waals surface area contributed by atoms with E-state index < -0.39 is 20.9 Å². The Labute approximate surface area is 150 Å². The number of aryl methyl sites for hydroxylation is 1. The zero-order chi connectivity index (χ0) is 19.3. The molecule has 138 valence electrons. The fraction of sp³-hybridized carbons (Fsp3) is 0.188. The second kappa shape index (κ2) is 8.04. The average molecular weight is 379 g/mol. The molecule has 2 N–H and O–H groups in total. The van der Waals surface area contributed by atoms with Crippen molar-refractivity contribution in [1.29, 1.82) is 0 Å². The summed E-state index contributed by atoms with van der Waals surface area (Å²) in [6.07, 6.45) is 0. The lowest BCUT2D eigenvalue weighted by Gasteiger charge is -2.09. The predicted octanol–water partition coefficient (Wildman–Crippen LogP) is 1.67. The number of methoxy groups -OCH3 is 1. The van der Waals surface area contributed by atoms with Crippen LogP contribution in [0.4, 0.5) is 5.69 Å². The minimum Gasteiger partial charge on any atom is -0.380 e. The van der Waals surface area contributed by atoms with Crippen LogP contribution in [0, 0.1) is 17.0 Å². The summed E-state index contributed by atoms with van der Waals surface area (Å²) < 4.78 is 29.4. The van der Waals surface area contributed by atoms with Crippen molar-refractivity contribution in [2.24, 2.45) is 0 Å². The van der Waals surface area contributed by atoms with Crippen LogP contribution in [0.1, 0.15) is 21.5 Å². The number of benzene rings is 2. The van der Waals surface area contributed by atoms with Gasteiger partial charge in [-0.3, -0.25) is 20.3 Å². The molecule has 2 aromatic rings. The van der Waals surface area contributed by atoms with E-state index in [2.05, 4.69) is 5.43 Å². The number of hydrogen-bond acceptors (Lipinski definition) is 6. The molecule has 0 unspecified atom stereocenters. The molecule has 0 spiro atoms. The number of carbonyl (C=O) groups excluding carboxylic acids is 1. The van der Waals surface area contributed by atoms with E-state index in [1.54, 1.807) is 19.2 Å². The Hall–Kier alpha value is -2.82. The highest BCUT2D eigenvalue weighted by Gasteiger charge is 2.20. The first-order valence-electron chi connectivity index (χ1n) is 7.39. The molecule has 0 heterocycles. The molecule has 0 aromatic heterocycles. The molecule has 26 heavy (non-hydrogen) atoms. The fourth-order valence-corrected chi connectivity index (χ4v) is 2.98. The lowest BCUT2D eigenvalue weighted by Crippen LogP contribution is -2.41. The molecule has 0 bridgehead atoms. The Kier molecular flexibility index (Phi) is 6.03. The number of hydrogen-bond donors (Lipinski definition) is 2. The highest BCUT2D eigenvalue weighted by Crippen LogP contribution is 2.21. The van der Waals surface area contributed by atoms with Gasteiger partial charge >= 0.3 is 0 Å². The molecule has 0 fully saturated rings. The SMILES string of the molecule is COCc1ccc(C(=O)NNS(=O)(=O)c2ccc(C)c([N+](=O)[O-])c2)cc1. The van der Waals surface area contributed by atoms with Crippen LogP contribution in [-0.4, -0.2) is 26.4 Å². The van der Waals surface area contributed by atoms with Crippen molar-refractivity contribution in [1.82, 2.24) is 10.3 Å². The summed E-state index contributed by atoms with van der Waals surface area (Å²) in [5, 5.41) is 10.9. The van der Waals surface area contributed by atoms with E-state index in [1.807, 2.05) is 4.83 Å². The fourth-order valence-electron chi connectivity index (χ4n) is 2.12. The quantitative estimate of drug-likeness (QED) is 0.556. The van der Waals surface area contributed by atoms with Gasteiger partial charge in [0, 0.05) is 24.3 Å². The highest BCUT2D eigenvalue weighted by atomic mass is 32.2. The monoisotopic (exact) mass is 379 g/mol. The van der Waals surface area contributed by atoms with Crippen LogP contribution in [0.2, 0.25) is 0 Å². The van der Waals surface area contributed by atoms with Crippen LogP contribution in [-0.2, 0) is 21.4 Å². The van der Waals surface area contributed by atoms with Crippen LogP contribution in [0.25, 0.3) is 0 Å². The Bertz CT molecular complexity index is 926. The standard InChI is InChI=1S/C16H17N3O6S/c1-11-3-8-14(9-15(11)19(21)22)26(23,24)18-17-16(20)13-6-4-12(5-7-13)10-25-2/h3-9,18H,10H2,1-2H3,(H,17,20). The van der Waals surface area contributed by atoms with Crippen LogP contribution in [0.3, 0.4) is 0 Å². The molecule has 2 rings (SSSR count). The third kappa shape index (κ3) is 4.63. The van der Waals surface area contributed by atoms with Crippen LogP contribution in [0.15, 0.2) is 47.4 Å². The minimum atomic E-state index is -4.16. The predicted molar refractivity (Wildman–Crippen MR) is 92.8 cm³/mol. The van der Waals surface area contributed by atoms with E-state index in [1.165, 1.54) is 31.2 Å². The minimum absolute atomic E-state index is 0.238. The summed E-state index contributed by atoms with van der Waals surface area (Å²) in [6.45, 7) is 1.89. The van der Waals surface area contributed by atoms with Crippen LogP contribution in [0.5, 0.6) is 0 Å². The van der Waals surface area contributed by atoms with Gasteiger partial charge in [-0.15, -0.1) is 4.83 Å². The molecule has 0 aliphatic heterocycles. The summed E-state index contributed by atoms with van der Waals surface area (Å²) in [6, 6.07) is 9.87. The molecule has 0 aliphatic carbocycles. The van der Waals surface area contributed by atoms with Crippen LogP contribution >= 0.6 is 0 Å². The van der Waals surface area contributed by atoms with Crippen molar-refractivity contribution >= 4 is 21.6 Å². The Balaban J connectivity index is 2.11. The second-order valence-electron chi connectivity index (χ2n) is 5.39. The molecular formula is C16H17N3O6S. The van der Waals surface area contributed by atoms with Crippen molar-refractivity contribution in [2.45, 2.75) is 18.4 Å². The first kappa shape index (κ1) is 19.5. The maximum absolute atomic E-state index is 12.2. The maximum atomic E-state index is 12.2. The van der Waals surface area contributed by atoms with Gasteiger partial charge in [0.25, 0.3) is 21.6 Å². The normalized spacial score (nSPS) is 11.2. The van der Waals surface area contributed by atoms with Crippen molar-refractivity contribution in [3.05, 3.63) is 69.3 Å². The number of ether oxygens (including phenoxy) is 1. The van der Waals surface area contributed by atoms with Gasteiger partial charge < -0.3 is 4.74 Å². The summed E-state index contributed by atoms with van der Waals surface area (Å²) >= 11 is 0. The lowest BCUT2D eigenvalue weighted by atomic mass is 10.1. The smallest absolute Gasteiger partial charge is 0.273 e. The van der Waals surface area contributed by atoms with E-state index in [-0.39, 0.29) is 16.1 Å².